The lowest BCUT2D eigenvalue weighted by molar-refractivity contribution is 0.0951. The molecule has 3 aromatic carbocycles. The van der Waals surface area contributed by atoms with Gasteiger partial charge >= 0.3 is 0 Å². The van der Waals surface area contributed by atoms with E-state index in [1.807, 2.05) is 85.8 Å². The predicted octanol–water partition coefficient (Wildman–Crippen LogP) is 4.68. The van der Waals surface area contributed by atoms with Crippen LogP contribution in [0.25, 0.3) is 16.9 Å². The number of ether oxygens (including phenoxy) is 1. The Bertz CT molecular complexity index is 1260. The number of nitrogens with one attached hydrogen (secondary N) is 1. The standard InChI is InChI=1S/C26H22N4O2/c1-19-10-12-22(13-11-19)30-18-24(25(29-30)21-7-3-2-4-8-21)26(31)28-17-20-6-5-9-23(16-20)32-15-14-27/h2-13,16,18H,15,17H2,1H3,(H,28,31). The maximum absolute atomic E-state index is 13.1. The highest BCUT2D eigenvalue weighted by Crippen LogP contribution is 2.24. The molecule has 0 aliphatic heterocycles. The first-order chi connectivity index (χ1) is 15.6. The number of nitriles is 1. The van der Waals surface area contributed by atoms with Crippen LogP contribution >= 0.6 is 0 Å². The monoisotopic (exact) mass is 422 g/mol. The average Bonchev–Trinajstić information content (AvgIpc) is 3.28. The van der Waals surface area contributed by atoms with Crippen molar-refractivity contribution in [1.29, 1.82) is 5.26 Å². The number of hydrogen-bond donors (Lipinski definition) is 1. The van der Waals surface area contributed by atoms with Crippen molar-refractivity contribution >= 4 is 5.91 Å². The van der Waals surface area contributed by atoms with Gasteiger partial charge in [0, 0.05) is 18.3 Å². The third-order valence-electron chi connectivity index (χ3n) is 4.96. The Morgan fingerprint density at radius 2 is 1.84 bits per heavy atom. The first kappa shape index (κ1) is 20.9. The fourth-order valence-corrected chi connectivity index (χ4v) is 3.32. The van der Waals surface area contributed by atoms with E-state index in [0.29, 0.717) is 23.6 Å². The zero-order chi connectivity index (χ0) is 22.3. The van der Waals surface area contributed by atoms with Crippen molar-refractivity contribution in [3.63, 3.8) is 0 Å². The smallest absolute Gasteiger partial charge is 0.255 e. The number of carbonyl (C=O) groups excluding carboxylic acids is 1. The molecule has 0 bridgehead atoms. The van der Waals surface area contributed by atoms with Crippen LogP contribution in [0.4, 0.5) is 0 Å². The summed E-state index contributed by atoms with van der Waals surface area (Å²) in [7, 11) is 0. The van der Waals surface area contributed by atoms with Crippen LogP contribution in [0, 0.1) is 18.3 Å². The van der Waals surface area contributed by atoms with E-state index in [0.717, 1.165) is 22.4 Å². The molecule has 158 valence electrons. The van der Waals surface area contributed by atoms with Gasteiger partial charge in [0.1, 0.15) is 17.5 Å². The van der Waals surface area contributed by atoms with E-state index < -0.39 is 0 Å². The van der Waals surface area contributed by atoms with Gasteiger partial charge < -0.3 is 10.1 Å². The quantitative estimate of drug-likeness (QED) is 0.469. The summed E-state index contributed by atoms with van der Waals surface area (Å²) in [4.78, 5) is 13.1. The van der Waals surface area contributed by atoms with Crippen LogP contribution < -0.4 is 10.1 Å². The van der Waals surface area contributed by atoms with E-state index in [4.69, 9.17) is 15.1 Å². The van der Waals surface area contributed by atoms with E-state index in [1.165, 1.54) is 0 Å². The Morgan fingerprint density at radius 3 is 2.59 bits per heavy atom. The second-order valence-corrected chi connectivity index (χ2v) is 7.31. The minimum Gasteiger partial charge on any atom is -0.479 e. The number of benzene rings is 3. The summed E-state index contributed by atoms with van der Waals surface area (Å²) in [6, 6.07) is 26.9. The van der Waals surface area contributed by atoms with Crippen LogP contribution in [-0.2, 0) is 6.54 Å². The van der Waals surface area contributed by atoms with Crippen LogP contribution in [0.15, 0.2) is 85.1 Å². The maximum atomic E-state index is 13.1. The third kappa shape index (κ3) is 4.85. The summed E-state index contributed by atoms with van der Waals surface area (Å²) in [6.07, 6.45) is 1.76. The Labute approximate surface area is 186 Å². The van der Waals surface area contributed by atoms with Gasteiger partial charge in [-0.15, -0.1) is 0 Å². The number of hydrogen-bond acceptors (Lipinski definition) is 4. The number of amides is 1. The van der Waals surface area contributed by atoms with Gasteiger partial charge in [-0.2, -0.15) is 10.4 Å². The second-order valence-electron chi connectivity index (χ2n) is 7.31. The third-order valence-corrected chi connectivity index (χ3v) is 4.96. The summed E-state index contributed by atoms with van der Waals surface area (Å²) in [5.41, 5.74) is 4.90. The van der Waals surface area contributed by atoms with Gasteiger partial charge in [-0.25, -0.2) is 4.68 Å². The first-order valence-electron chi connectivity index (χ1n) is 10.2. The van der Waals surface area contributed by atoms with Crippen molar-refractivity contribution in [2.45, 2.75) is 13.5 Å². The van der Waals surface area contributed by atoms with Gasteiger partial charge in [0.25, 0.3) is 5.91 Å². The molecule has 0 atom stereocenters. The lowest BCUT2D eigenvalue weighted by Crippen LogP contribution is -2.23. The molecule has 0 saturated heterocycles. The van der Waals surface area contributed by atoms with Crippen LogP contribution in [0.5, 0.6) is 5.75 Å². The molecule has 0 aliphatic carbocycles. The van der Waals surface area contributed by atoms with Gasteiger partial charge in [0.15, 0.2) is 6.61 Å². The van der Waals surface area contributed by atoms with Gasteiger partial charge in [0.05, 0.1) is 11.3 Å². The van der Waals surface area contributed by atoms with Crippen molar-refractivity contribution in [3.05, 3.63) is 102 Å². The number of aryl methyl sites for hydroxylation is 1. The minimum atomic E-state index is -0.217. The molecule has 1 heterocycles. The highest BCUT2D eigenvalue weighted by Gasteiger charge is 2.18. The second kappa shape index (κ2) is 9.63. The zero-order valence-corrected chi connectivity index (χ0v) is 17.7. The van der Waals surface area contributed by atoms with E-state index in [1.54, 1.807) is 16.9 Å². The summed E-state index contributed by atoms with van der Waals surface area (Å²) in [6.45, 7) is 2.34. The normalized spacial score (nSPS) is 10.4. The lowest BCUT2D eigenvalue weighted by Gasteiger charge is -2.07. The molecule has 1 N–H and O–H groups in total. The Hall–Kier alpha value is -4.37. The highest BCUT2D eigenvalue weighted by molar-refractivity contribution is 5.99. The number of rotatable bonds is 7. The average molecular weight is 422 g/mol. The molecule has 0 fully saturated rings. The largest absolute Gasteiger partial charge is 0.479 e. The fraction of sp³-hybridized carbons (Fsp3) is 0.115. The number of nitrogens with zero attached hydrogens (tertiary/aromatic N) is 3. The Balaban J connectivity index is 1.59. The molecule has 0 saturated carbocycles. The zero-order valence-electron chi connectivity index (χ0n) is 17.7. The molecule has 0 radical (unpaired) electrons. The van der Waals surface area contributed by atoms with Crippen molar-refractivity contribution in [1.82, 2.24) is 15.1 Å². The van der Waals surface area contributed by atoms with Gasteiger partial charge in [0.2, 0.25) is 0 Å². The number of aromatic nitrogens is 2. The summed E-state index contributed by atoms with van der Waals surface area (Å²) in [5, 5.41) is 16.4. The van der Waals surface area contributed by atoms with Gasteiger partial charge in [-0.3, -0.25) is 4.79 Å². The van der Waals surface area contributed by atoms with Crippen molar-refractivity contribution in [2.24, 2.45) is 0 Å². The van der Waals surface area contributed by atoms with Crippen molar-refractivity contribution < 1.29 is 9.53 Å². The summed E-state index contributed by atoms with van der Waals surface area (Å²) >= 11 is 0. The molecule has 32 heavy (non-hydrogen) atoms. The molecule has 6 heteroatoms. The first-order valence-corrected chi connectivity index (χ1v) is 10.2. The van der Waals surface area contributed by atoms with Crippen LogP contribution in [-0.4, -0.2) is 22.3 Å². The molecule has 0 aliphatic rings. The molecular weight excluding hydrogens is 400 g/mol. The van der Waals surface area contributed by atoms with Crippen LogP contribution in [0.2, 0.25) is 0 Å². The van der Waals surface area contributed by atoms with Crippen molar-refractivity contribution in [3.8, 4) is 28.8 Å². The highest BCUT2D eigenvalue weighted by atomic mass is 16.5. The number of carbonyl (C=O) groups is 1. The maximum Gasteiger partial charge on any atom is 0.255 e. The molecule has 6 nitrogen and oxygen atoms in total. The van der Waals surface area contributed by atoms with Gasteiger partial charge in [-0.1, -0.05) is 60.2 Å². The van der Waals surface area contributed by atoms with Gasteiger partial charge in [-0.05, 0) is 36.8 Å². The summed E-state index contributed by atoms with van der Waals surface area (Å²) < 4.78 is 7.07. The molecule has 1 amide bonds. The predicted molar refractivity (Wildman–Crippen MR) is 122 cm³/mol. The van der Waals surface area contributed by atoms with E-state index in [9.17, 15) is 4.79 Å². The van der Waals surface area contributed by atoms with Crippen molar-refractivity contribution in [2.75, 3.05) is 6.61 Å². The van der Waals surface area contributed by atoms with E-state index in [2.05, 4.69) is 5.32 Å². The SMILES string of the molecule is Cc1ccc(-n2cc(C(=O)NCc3cccc(OCC#N)c3)c(-c3ccccc3)n2)cc1. The Kier molecular flexibility index (Phi) is 6.28. The lowest BCUT2D eigenvalue weighted by atomic mass is 10.1. The molecule has 0 unspecified atom stereocenters. The summed E-state index contributed by atoms with van der Waals surface area (Å²) in [5.74, 6) is 0.376. The molecular formula is C26H22N4O2. The van der Waals surface area contributed by atoms with Crippen LogP contribution in [0.1, 0.15) is 21.5 Å². The topological polar surface area (TPSA) is 79.9 Å². The Morgan fingerprint density at radius 1 is 1.06 bits per heavy atom. The van der Waals surface area contributed by atoms with Crippen LogP contribution in [0.3, 0.4) is 0 Å². The minimum absolute atomic E-state index is 0.0194. The van der Waals surface area contributed by atoms with E-state index >= 15 is 0 Å². The van der Waals surface area contributed by atoms with E-state index in [-0.39, 0.29) is 12.5 Å². The molecule has 0 spiro atoms. The fourth-order valence-electron chi connectivity index (χ4n) is 3.32. The molecule has 4 rings (SSSR count). The molecule has 1 aromatic heterocycles. The molecule has 4 aromatic rings.